The first-order chi connectivity index (χ1) is 12.9. The molecule has 0 radical (unpaired) electrons. The Morgan fingerprint density at radius 1 is 1.26 bits per heavy atom. The van der Waals surface area contributed by atoms with E-state index in [1.54, 1.807) is 18.2 Å². The van der Waals surface area contributed by atoms with Crippen molar-refractivity contribution in [2.45, 2.75) is 6.92 Å². The van der Waals surface area contributed by atoms with Crippen molar-refractivity contribution in [3.8, 4) is 17.2 Å². The molecule has 3 aromatic rings. The average molecular weight is 390 g/mol. The highest BCUT2D eigenvalue weighted by Crippen LogP contribution is 2.35. The number of halogens is 1. The number of fused-ring (bicyclic) bond motifs is 1. The van der Waals surface area contributed by atoms with Crippen molar-refractivity contribution in [2.75, 3.05) is 19.0 Å². The molecule has 27 heavy (non-hydrogen) atoms. The van der Waals surface area contributed by atoms with Crippen molar-refractivity contribution >= 4 is 34.2 Å². The second-order valence-electron chi connectivity index (χ2n) is 5.53. The van der Waals surface area contributed by atoms with Crippen LogP contribution in [0, 0.1) is 0 Å². The standard InChI is InChI=1S/C19H16ClNO6/c1-3-26-10-4-5-11-12(7-18(23)27-16(11)6-10)19(24)21-14-9-15(22)13(20)8-17(14)25-2/h4-9,22H,3H2,1-2H3,(H,21,24). The Morgan fingerprint density at radius 3 is 2.74 bits per heavy atom. The van der Waals surface area contributed by atoms with Crippen LogP contribution in [0.4, 0.5) is 5.69 Å². The van der Waals surface area contributed by atoms with Crippen LogP contribution in [0.15, 0.2) is 45.6 Å². The predicted octanol–water partition coefficient (Wildman–Crippen LogP) is 3.81. The zero-order chi connectivity index (χ0) is 19.6. The van der Waals surface area contributed by atoms with Gasteiger partial charge in [-0.3, -0.25) is 4.79 Å². The van der Waals surface area contributed by atoms with Gasteiger partial charge in [0.2, 0.25) is 0 Å². The first-order valence-corrected chi connectivity index (χ1v) is 8.39. The molecule has 0 fully saturated rings. The molecule has 7 nitrogen and oxygen atoms in total. The smallest absolute Gasteiger partial charge is 0.337 e. The number of phenolic OH excluding ortho intramolecular Hbond substituents is 1. The number of ether oxygens (including phenoxy) is 2. The van der Waals surface area contributed by atoms with Gasteiger partial charge in [-0.1, -0.05) is 11.6 Å². The fourth-order valence-corrected chi connectivity index (χ4v) is 2.74. The van der Waals surface area contributed by atoms with Gasteiger partial charge in [0.1, 0.15) is 22.8 Å². The lowest BCUT2D eigenvalue weighted by molar-refractivity contribution is 0.102. The molecule has 0 saturated carbocycles. The molecule has 0 unspecified atom stereocenters. The summed E-state index contributed by atoms with van der Waals surface area (Å²) in [7, 11) is 1.40. The summed E-state index contributed by atoms with van der Waals surface area (Å²) in [6, 6.07) is 8.59. The highest BCUT2D eigenvalue weighted by atomic mass is 35.5. The van der Waals surface area contributed by atoms with E-state index in [0.717, 1.165) is 6.07 Å². The summed E-state index contributed by atoms with van der Waals surface area (Å²) in [4.78, 5) is 24.6. The minimum atomic E-state index is -0.674. The van der Waals surface area contributed by atoms with E-state index in [9.17, 15) is 14.7 Å². The Labute approximate surface area is 159 Å². The van der Waals surface area contributed by atoms with Crippen molar-refractivity contribution in [1.29, 1.82) is 0 Å². The van der Waals surface area contributed by atoms with Gasteiger partial charge in [-0.15, -0.1) is 0 Å². The van der Waals surface area contributed by atoms with E-state index in [1.165, 1.54) is 19.2 Å². The van der Waals surface area contributed by atoms with E-state index >= 15 is 0 Å². The summed E-state index contributed by atoms with van der Waals surface area (Å²) < 4.78 is 15.7. The molecule has 1 aromatic heterocycles. The average Bonchev–Trinajstić information content (AvgIpc) is 2.63. The zero-order valence-electron chi connectivity index (χ0n) is 14.5. The number of amides is 1. The van der Waals surface area contributed by atoms with Crippen molar-refractivity contribution in [2.24, 2.45) is 0 Å². The molecule has 140 valence electrons. The Morgan fingerprint density at radius 2 is 2.04 bits per heavy atom. The number of phenols is 1. The van der Waals surface area contributed by atoms with Crippen LogP contribution in [0.3, 0.4) is 0 Å². The van der Waals surface area contributed by atoms with Gasteiger partial charge < -0.3 is 24.3 Å². The van der Waals surface area contributed by atoms with Gasteiger partial charge in [0, 0.05) is 29.7 Å². The van der Waals surface area contributed by atoms with Gasteiger partial charge in [0.25, 0.3) is 5.91 Å². The Bertz CT molecular complexity index is 1080. The molecule has 2 aromatic carbocycles. The number of rotatable bonds is 5. The lowest BCUT2D eigenvalue weighted by atomic mass is 10.1. The number of aromatic hydroxyl groups is 1. The molecule has 0 aliphatic heterocycles. The van der Waals surface area contributed by atoms with Gasteiger partial charge in [0.15, 0.2) is 0 Å². The second kappa shape index (κ2) is 7.59. The molecule has 0 bridgehead atoms. The molecular formula is C19H16ClNO6. The van der Waals surface area contributed by atoms with E-state index in [4.69, 9.17) is 25.5 Å². The number of anilines is 1. The summed E-state index contributed by atoms with van der Waals surface area (Å²) >= 11 is 5.85. The van der Waals surface area contributed by atoms with Gasteiger partial charge >= 0.3 is 5.63 Å². The van der Waals surface area contributed by atoms with Crippen molar-refractivity contribution < 1.29 is 23.8 Å². The van der Waals surface area contributed by atoms with Crippen LogP contribution in [0.5, 0.6) is 17.2 Å². The fraction of sp³-hybridized carbons (Fsp3) is 0.158. The highest BCUT2D eigenvalue weighted by Gasteiger charge is 2.17. The number of methoxy groups -OCH3 is 1. The van der Waals surface area contributed by atoms with Crippen LogP contribution < -0.4 is 20.4 Å². The van der Waals surface area contributed by atoms with Crippen molar-refractivity contribution in [1.82, 2.24) is 0 Å². The first-order valence-electron chi connectivity index (χ1n) is 8.01. The fourth-order valence-electron chi connectivity index (χ4n) is 2.59. The van der Waals surface area contributed by atoms with Crippen molar-refractivity contribution in [3.05, 3.63) is 57.4 Å². The summed E-state index contributed by atoms with van der Waals surface area (Å²) in [5.74, 6) is -0.00399. The maximum Gasteiger partial charge on any atom is 0.337 e. The maximum atomic E-state index is 12.8. The minimum Gasteiger partial charge on any atom is -0.506 e. The Hall–Kier alpha value is -3.19. The lowest BCUT2D eigenvalue weighted by Crippen LogP contribution is -2.15. The van der Waals surface area contributed by atoms with Gasteiger partial charge in [-0.2, -0.15) is 0 Å². The quantitative estimate of drug-likeness (QED) is 0.644. The summed E-state index contributed by atoms with van der Waals surface area (Å²) in [6.45, 7) is 2.29. The van der Waals surface area contributed by atoms with E-state index in [2.05, 4.69) is 5.32 Å². The maximum absolute atomic E-state index is 12.8. The molecule has 3 rings (SSSR count). The van der Waals surface area contributed by atoms with Crippen LogP contribution in [-0.4, -0.2) is 24.7 Å². The van der Waals surface area contributed by atoms with E-state index in [1.807, 2.05) is 6.92 Å². The molecule has 0 atom stereocenters. The van der Waals surface area contributed by atoms with E-state index in [-0.39, 0.29) is 33.4 Å². The lowest BCUT2D eigenvalue weighted by Gasteiger charge is -2.12. The number of hydrogen-bond acceptors (Lipinski definition) is 6. The normalized spacial score (nSPS) is 10.6. The summed E-state index contributed by atoms with van der Waals surface area (Å²) in [5, 5.41) is 12.9. The van der Waals surface area contributed by atoms with E-state index in [0.29, 0.717) is 17.7 Å². The van der Waals surface area contributed by atoms with Gasteiger partial charge in [-0.25, -0.2) is 4.79 Å². The topological polar surface area (TPSA) is 98.0 Å². The van der Waals surface area contributed by atoms with E-state index < -0.39 is 11.5 Å². The van der Waals surface area contributed by atoms with Crippen LogP contribution >= 0.6 is 11.6 Å². The molecule has 0 saturated heterocycles. The molecule has 8 heteroatoms. The molecule has 1 amide bonds. The SMILES string of the molecule is CCOc1ccc2c(C(=O)Nc3cc(O)c(Cl)cc3OC)cc(=O)oc2c1. The third-order valence-electron chi connectivity index (χ3n) is 3.79. The van der Waals surface area contributed by atoms with Crippen LogP contribution in [0.1, 0.15) is 17.3 Å². The minimum absolute atomic E-state index is 0.0825. The zero-order valence-corrected chi connectivity index (χ0v) is 15.3. The van der Waals surface area contributed by atoms with Gasteiger partial charge in [-0.05, 0) is 19.1 Å². The second-order valence-corrected chi connectivity index (χ2v) is 5.94. The third kappa shape index (κ3) is 3.83. The highest BCUT2D eigenvalue weighted by molar-refractivity contribution is 6.32. The first kappa shape index (κ1) is 18.6. The molecule has 0 aliphatic rings. The number of benzene rings is 2. The van der Waals surface area contributed by atoms with Crippen LogP contribution in [0.2, 0.25) is 5.02 Å². The summed E-state index contributed by atoms with van der Waals surface area (Å²) in [5.41, 5.74) is -0.130. The summed E-state index contributed by atoms with van der Waals surface area (Å²) in [6.07, 6.45) is 0. The molecule has 0 aliphatic carbocycles. The monoisotopic (exact) mass is 389 g/mol. The molecule has 2 N–H and O–H groups in total. The predicted molar refractivity (Wildman–Crippen MR) is 101 cm³/mol. The largest absolute Gasteiger partial charge is 0.506 e. The number of carbonyl (C=O) groups is 1. The number of hydrogen-bond donors (Lipinski definition) is 2. The van der Waals surface area contributed by atoms with Gasteiger partial charge in [0.05, 0.1) is 30.0 Å². The number of nitrogens with one attached hydrogen (secondary N) is 1. The van der Waals surface area contributed by atoms with Crippen LogP contribution in [-0.2, 0) is 0 Å². The molecular weight excluding hydrogens is 374 g/mol. The Kier molecular flexibility index (Phi) is 5.23. The Balaban J connectivity index is 2.04. The molecule has 0 spiro atoms. The third-order valence-corrected chi connectivity index (χ3v) is 4.09. The van der Waals surface area contributed by atoms with Crippen molar-refractivity contribution in [3.63, 3.8) is 0 Å². The number of carbonyl (C=O) groups excluding carboxylic acids is 1. The van der Waals surface area contributed by atoms with Crippen LogP contribution in [0.25, 0.3) is 11.0 Å². The molecule has 1 heterocycles.